The standard InChI is InChI=1S/C17H19NO2/c1-13-4-3-5-15(10-13)11-18-17(19)16-8-6-14(7-9-16)12-20-2/h3-10H,11-12H2,1-2H3,(H,18,19). The summed E-state index contributed by atoms with van der Waals surface area (Å²) in [5.41, 5.74) is 4.02. The van der Waals surface area contributed by atoms with Gasteiger partial charge in [-0.15, -0.1) is 0 Å². The number of ether oxygens (including phenoxy) is 1. The highest BCUT2D eigenvalue weighted by Gasteiger charge is 2.05. The molecule has 0 radical (unpaired) electrons. The van der Waals surface area contributed by atoms with Gasteiger partial charge in [0.25, 0.3) is 5.91 Å². The number of nitrogens with one attached hydrogen (secondary N) is 1. The van der Waals surface area contributed by atoms with Gasteiger partial charge in [-0.25, -0.2) is 0 Å². The molecule has 20 heavy (non-hydrogen) atoms. The number of carbonyl (C=O) groups is 1. The largest absolute Gasteiger partial charge is 0.380 e. The third-order valence-electron chi connectivity index (χ3n) is 3.06. The molecule has 2 aromatic carbocycles. The lowest BCUT2D eigenvalue weighted by Gasteiger charge is -2.07. The highest BCUT2D eigenvalue weighted by molar-refractivity contribution is 5.94. The van der Waals surface area contributed by atoms with Gasteiger partial charge < -0.3 is 10.1 Å². The summed E-state index contributed by atoms with van der Waals surface area (Å²) in [6.45, 7) is 3.14. The van der Waals surface area contributed by atoms with Crippen LogP contribution in [0.25, 0.3) is 0 Å². The van der Waals surface area contributed by atoms with Gasteiger partial charge in [-0.1, -0.05) is 42.0 Å². The summed E-state index contributed by atoms with van der Waals surface area (Å²) in [7, 11) is 1.66. The zero-order valence-corrected chi connectivity index (χ0v) is 11.8. The van der Waals surface area contributed by atoms with Crippen molar-refractivity contribution >= 4 is 5.91 Å². The quantitative estimate of drug-likeness (QED) is 0.906. The van der Waals surface area contributed by atoms with Gasteiger partial charge in [-0.05, 0) is 30.2 Å². The van der Waals surface area contributed by atoms with Gasteiger partial charge in [0.05, 0.1) is 6.61 Å². The summed E-state index contributed by atoms with van der Waals surface area (Å²) in [5.74, 6) is -0.0597. The summed E-state index contributed by atoms with van der Waals surface area (Å²) < 4.78 is 5.04. The molecule has 0 fully saturated rings. The van der Waals surface area contributed by atoms with Crippen molar-refractivity contribution < 1.29 is 9.53 Å². The highest BCUT2D eigenvalue weighted by atomic mass is 16.5. The number of amides is 1. The van der Waals surface area contributed by atoms with E-state index in [0.29, 0.717) is 18.7 Å². The number of hydrogen-bond acceptors (Lipinski definition) is 2. The lowest BCUT2D eigenvalue weighted by Crippen LogP contribution is -2.22. The van der Waals surface area contributed by atoms with Crippen LogP contribution in [0.2, 0.25) is 0 Å². The zero-order valence-electron chi connectivity index (χ0n) is 11.8. The normalized spacial score (nSPS) is 10.3. The Kier molecular flexibility index (Phi) is 4.91. The van der Waals surface area contributed by atoms with Crippen molar-refractivity contribution in [3.8, 4) is 0 Å². The predicted octanol–water partition coefficient (Wildman–Crippen LogP) is 3.07. The van der Waals surface area contributed by atoms with Crippen LogP contribution in [0, 0.1) is 6.92 Å². The summed E-state index contributed by atoms with van der Waals surface area (Å²) >= 11 is 0. The molecule has 0 saturated carbocycles. The molecule has 0 aromatic heterocycles. The van der Waals surface area contributed by atoms with Crippen LogP contribution in [0.3, 0.4) is 0 Å². The van der Waals surface area contributed by atoms with Gasteiger partial charge in [-0.3, -0.25) is 4.79 Å². The Morgan fingerprint density at radius 2 is 1.85 bits per heavy atom. The van der Waals surface area contributed by atoms with E-state index in [-0.39, 0.29) is 5.91 Å². The van der Waals surface area contributed by atoms with Gasteiger partial charge in [-0.2, -0.15) is 0 Å². The van der Waals surface area contributed by atoms with E-state index in [1.165, 1.54) is 5.56 Å². The van der Waals surface area contributed by atoms with E-state index >= 15 is 0 Å². The Morgan fingerprint density at radius 3 is 2.50 bits per heavy atom. The minimum Gasteiger partial charge on any atom is -0.380 e. The van der Waals surface area contributed by atoms with E-state index in [1.807, 2.05) is 49.4 Å². The van der Waals surface area contributed by atoms with Crippen LogP contribution in [0.1, 0.15) is 27.0 Å². The number of rotatable bonds is 5. The Bertz CT molecular complexity index is 576. The van der Waals surface area contributed by atoms with Crippen molar-refractivity contribution in [2.45, 2.75) is 20.1 Å². The molecule has 2 aromatic rings. The van der Waals surface area contributed by atoms with Crippen LogP contribution in [0.5, 0.6) is 0 Å². The average Bonchev–Trinajstić information content (AvgIpc) is 2.46. The first kappa shape index (κ1) is 14.3. The van der Waals surface area contributed by atoms with Crippen LogP contribution >= 0.6 is 0 Å². The molecule has 1 N–H and O–H groups in total. The van der Waals surface area contributed by atoms with Crippen LogP contribution in [-0.2, 0) is 17.9 Å². The molecule has 0 heterocycles. The molecule has 0 bridgehead atoms. The summed E-state index contributed by atoms with van der Waals surface area (Å²) in [6.07, 6.45) is 0. The lowest BCUT2D eigenvalue weighted by atomic mass is 10.1. The second kappa shape index (κ2) is 6.87. The number of hydrogen-bond donors (Lipinski definition) is 1. The molecule has 0 aliphatic rings. The van der Waals surface area contributed by atoms with Crippen LogP contribution in [0.4, 0.5) is 0 Å². The topological polar surface area (TPSA) is 38.3 Å². The van der Waals surface area contributed by atoms with Gasteiger partial charge in [0, 0.05) is 19.2 Å². The fraction of sp³-hybridized carbons (Fsp3) is 0.235. The maximum absolute atomic E-state index is 12.0. The van der Waals surface area contributed by atoms with Gasteiger partial charge in [0.2, 0.25) is 0 Å². The number of methoxy groups -OCH3 is 1. The van der Waals surface area contributed by atoms with Crippen molar-refractivity contribution in [1.29, 1.82) is 0 Å². The van der Waals surface area contributed by atoms with E-state index in [2.05, 4.69) is 11.4 Å². The molecule has 2 rings (SSSR count). The molecule has 0 aliphatic heterocycles. The minimum atomic E-state index is -0.0597. The maximum atomic E-state index is 12.0. The molecule has 3 nitrogen and oxygen atoms in total. The van der Waals surface area contributed by atoms with E-state index < -0.39 is 0 Å². The van der Waals surface area contributed by atoms with Crippen molar-refractivity contribution in [2.75, 3.05) is 7.11 Å². The minimum absolute atomic E-state index is 0.0597. The summed E-state index contributed by atoms with van der Waals surface area (Å²) in [4.78, 5) is 12.0. The Balaban J connectivity index is 1.94. The van der Waals surface area contributed by atoms with Crippen LogP contribution < -0.4 is 5.32 Å². The van der Waals surface area contributed by atoms with Gasteiger partial charge >= 0.3 is 0 Å². The number of aryl methyl sites for hydroxylation is 1. The lowest BCUT2D eigenvalue weighted by molar-refractivity contribution is 0.0951. The Labute approximate surface area is 119 Å². The van der Waals surface area contributed by atoms with E-state index in [1.54, 1.807) is 7.11 Å². The SMILES string of the molecule is COCc1ccc(C(=O)NCc2cccc(C)c2)cc1. The van der Waals surface area contributed by atoms with Crippen molar-refractivity contribution in [3.63, 3.8) is 0 Å². The molecular formula is C17H19NO2. The Morgan fingerprint density at radius 1 is 1.10 bits per heavy atom. The van der Waals surface area contributed by atoms with E-state index in [9.17, 15) is 4.79 Å². The average molecular weight is 269 g/mol. The number of carbonyl (C=O) groups excluding carboxylic acids is 1. The first-order valence-electron chi connectivity index (χ1n) is 6.60. The second-order valence-corrected chi connectivity index (χ2v) is 4.80. The molecule has 0 atom stereocenters. The first-order valence-corrected chi connectivity index (χ1v) is 6.60. The molecular weight excluding hydrogens is 250 g/mol. The highest BCUT2D eigenvalue weighted by Crippen LogP contribution is 2.07. The molecule has 0 spiro atoms. The van der Waals surface area contributed by atoms with Crippen LogP contribution in [-0.4, -0.2) is 13.0 Å². The first-order chi connectivity index (χ1) is 9.69. The predicted molar refractivity (Wildman–Crippen MR) is 79.5 cm³/mol. The molecule has 0 saturated heterocycles. The number of benzene rings is 2. The van der Waals surface area contributed by atoms with Crippen LogP contribution in [0.15, 0.2) is 48.5 Å². The molecule has 0 unspecified atom stereocenters. The summed E-state index contributed by atoms with van der Waals surface area (Å²) in [6, 6.07) is 15.6. The molecule has 3 heteroatoms. The Hall–Kier alpha value is -2.13. The fourth-order valence-electron chi connectivity index (χ4n) is 2.03. The third kappa shape index (κ3) is 3.93. The van der Waals surface area contributed by atoms with Crippen molar-refractivity contribution in [2.24, 2.45) is 0 Å². The molecule has 0 aliphatic carbocycles. The van der Waals surface area contributed by atoms with Gasteiger partial charge in [0.1, 0.15) is 0 Å². The fourth-order valence-corrected chi connectivity index (χ4v) is 2.03. The van der Waals surface area contributed by atoms with Crippen molar-refractivity contribution in [3.05, 3.63) is 70.8 Å². The van der Waals surface area contributed by atoms with Gasteiger partial charge in [0.15, 0.2) is 0 Å². The van der Waals surface area contributed by atoms with E-state index in [0.717, 1.165) is 11.1 Å². The maximum Gasteiger partial charge on any atom is 0.251 e. The van der Waals surface area contributed by atoms with E-state index in [4.69, 9.17) is 4.74 Å². The second-order valence-electron chi connectivity index (χ2n) is 4.80. The van der Waals surface area contributed by atoms with Crippen molar-refractivity contribution in [1.82, 2.24) is 5.32 Å². The smallest absolute Gasteiger partial charge is 0.251 e. The summed E-state index contributed by atoms with van der Waals surface area (Å²) in [5, 5.41) is 2.92. The zero-order chi connectivity index (χ0) is 14.4. The monoisotopic (exact) mass is 269 g/mol. The molecule has 1 amide bonds. The molecule has 104 valence electrons. The third-order valence-corrected chi connectivity index (χ3v) is 3.06.